The van der Waals surface area contributed by atoms with Gasteiger partial charge in [-0.1, -0.05) is 0 Å². The van der Waals surface area contributed by atoms with Crippen molar-refractivity contribution in [1.82, 2.24) is 30.2 Å². The van der Waals surface area contributed by atoms with Gasteiger partial charge in [-0.3, -0.25) is 4.79 Å². The Morgan fingerprint density at radius 1 is 1.38 bits per heavy atom. The van der Waals surface area contributed by atoms with Gasteiger partial charge in [-0.15, -0.1) is 0 Å². The van der Waals surface area contributed by atoms with Gasteiger partial charge in [0.15, 0.2) is 17.3 Å². The molecule has 1 saturated carbocycles. The normalized spacial score (nSPS) is 17.7. The number of rotatable bonds is 5. The van der Waals surface area contributed by atoms with E-state index in [4.69, 9.17) is 9.84 Å². The van der Waals surface area contributed by atoms with Gasteiger partial charge in [0.2, 0.25) is 0 Å². The van der Waals surface area contributed by atoms with Gasteiger partial charge < -0.3 is 15.4 Å². The minimum atomic E-state index is -0.637. The molecule has 2 aliphatic rings. The quantitative estimate of drug-likeness (QED) is 0.636. The fraction of sp³-hybridized carbons (Fsp3) is 0.409. The first kappa shape index (κ1) is 20.5. The average Bonchev–Trinajstić information content (AvgIpc) is 3.59. The van der Waals surface area contributed by atoms with Crippen LogP contribution >= 0.6 is 0 Å². The first-order valence-corrected chi connectivity index (χ1v) is 10.7. The molecule has 4 heterocycles. The van der Waals surface area contributed by atoms with Crippen LogP contribution < -0.4 is 15.4 Å². The monoisotopic (exact) mass is 437 g/mol. The molecular weight excluding hydrogens is 413 g/mol. The van der Waals surface area contributed by atoms with Crippen LogP contribution in [0.15, 0.2) is 23.3 Å². The molecule has 1 amide bonds. The van der Waals surface area contributed by atoms with Gasteiger partial charge in [-0.2, -0.15) is 5.10 Å². The van der Waals surface area contributed by atoms with Gasteiger partial charge >= 0.3 is 0 Å². The third-order valence-electron chi connectivity index (χ3n) is 5.75. The Morgan fingerprint density at radius 3 is 2.91 bits per heavy atom. The van der Waals surface area contributed by atoms with E-state index in [1.54, 1.807) is 17.7 Å². The fourth-order valence-electron chi connectivity index (χ4n) is 3.91. The van der Waals surface area contributed by atoms with E-state index in [1.807, 2.05) is 0 Å². The topological polar surface area (TPSA) is 106 Å². The van der Waals surface area contributed by atoms with Crippen LogP contribution in [0.4, 0.5) is 10.2 Å². The van der Waals surface area contributed by atoms with Crippen LogP contribution in [0, 0.1) is 5.82 Å². The molecule has 9 nitrogen and oxygen atoms in total. The van der Waals surface area contributed by atoms with Crippen molar-refractivity contribution in [2.45, 2.75) is 31.6 Å². The molecule has 10 heteroatoms. The van der Waals surface area contributed by atoms with E-state index >= 15 is 4.39 Å². The predicted molar refractivity (Wildman–Crippen MR) is 117 cm³/mol. The standard InChI is InChI=1S/C22H24FN7O2/c1-24-22(31)14-8-15(23)20(28-21(14)27-13-4-3-7-25-10-13)16-11-26-18-9-17(32-2)19(12-5-6-12)29-30(16)18/h8-9,11-12,25H,3-7,10H2,1-2H3,(H,24,31). The van der Waals surface area contributed by atoms with Gasteiger partial charge in [0.1, 0.15) is 22.8 Å². The largest absolute Gasteiger partial charge is 0.495 e. The lowest BCUT2D eigenvalue weighted by molar-refractivity contribution is 0.0963. The van der Waals surface area contributed by atoms with Crippen LogP contribution in [0.5, 0.6) is 5.75 Å². The predicted octanol–water partition coefficient (Wildman–Crippen LogP) is 2.63. The molecule has 5 rings (SSSR count). The third-order valence-corrected chi connectivity index (χ3v) is 5.75. The lowest BCUT2D eigenvalue weighted by atomic mass is 10.1. The maximum atomic E-state index is 15.2. The zero-order valence-electron chi connectivity index (χ0n) is 18.0. The highest BCUT2D eigenvalue weighted by Gasteiger charge is 2.30. The van der Waals surface area contributed by atoms with Crippen LogP contribution in [0.3, 0.4) is 0 Å². The minimum absolute atomic E-state index is 0.0488. The molecule has 2 fully saturated rings. The average molecular weight is 437 g/mol. The van der Waals surface area contributed by atoms with E-state index in [9.17, 15) is 4.79 Å². The zero-order valence-corrected chi connectivity index (χ0v) is 18.0. The zero-order chi connectivity index (χ0) is 22.2. The summed E-state index contributed by atoms with van der Waals surface area (Å²) in [6.07, 6.45) is 5.37. The molecule has 0 unspecified atom stereocenters. The Morgan fingerprint density at radius 2 is 2.22 bits per heavy atom. The molecule has 0 spiro atoms. The molecule has 32 heavy (non-hydrogen) atoms. The van der Waals surface area contributed by atoms with Gasteiger partial charge in [-0.25, -0.2) is 23.9 Å². The molecule has 3 aromatic heterocycles. The first-order chi connectivity index (χ1) is 15.6. The van der Waals surface area contributed by atoms with Crippen molar-refractivity contribution < 1.29 is 13.9 Å². The van der Waals surface area contributed by atoms with Crippen molar-refractivity contribution in [2.75, 3.05) is 27.2 Å². The molecule has 0 bridgehead atoms. The lowest BCUT2D eigenvalue weighted by Gasteiger charge is -2.15. The molecule has 166 valence electrons. The maximum Gasteiger partial charge on any atom is 0.254 e. The molecule has 0 aromatic carbocycles. The summed E-state index contributed by atoms with van der Waals surface area (Å²) in [5.74, 6) is 0.117. The molecule has 0 atom stereocenters. The number of carbonyl (C=O) groups is 1. The summed E-state index contributed by atoms with van der Waals surface area (Å²) in [7, 11) is 3.10. The van der Waals surface area contributed by atoms with Crippen LogP contribution in [0.25, 0.3) is 17.0 Å². The van der Waals surface area contributed by atoms with E-state index in [0.29, 0.717) is 29.6 Å². The van der Waals surface area contributed by atoms with Crippen LogP contribution in [-0.4, -0.2) is 58.4 Å². The summed E-state index contributed by atoms with van der Waals surface area (Å²) in [5, 5.41) is 10.5. The summed E-state index contributed by atoms with van der Waals surface area (Å²) in [6, 6.07) is 2.98. The fourth-order valence-corrected chi connectivity index (χ4v) is 3.91. The molecule has 1 aliphatic carbocycles. The summed E-state index contributed by atoms with van der Waals surface area (Å²) in [6.45, 7) is 1.53. The number of carbonyl (C=O) groups excluding carboxylic acids is 1. The number of ether oxygens (including phenoxy) is 1. The second-order valence-corrected chi connectivity index (χ2v) is 8.01. The molecule has 3 aromatic rings. The van der Waals surface area contributed by atoms with Crippen LogP contribution in [0.1, 0.15) is 47.7 Å². The Hall–Kier alpha value is -3.40. The van der Waals surface area contributed by atoms with Crippen LogP contribution in [0.2, 0.25) is 0 Å². The van der Waals surface area contributed by atoms with E-state index in [0.717, 1.165) is 43.6 Å². The SMILES string of the molecule is CNC(=O)c1cc(F)c(-c2cnc3cc(OC)c(C4CC4)nn23)nc1N=C1CCCNC1. The Labute approximate surface area is 184 Å². The number of fused-ring (bicyclic) bond motifs is 1. The first-order valence-electron chi connectivity index (χ1n) is 10.7. The number of halogens is 1. The number of hydrogen-bond donors (Lipinski definition) is 2. The number of amides is 1. The number of nitrogens with one attached hydrogen (secondary N) is 2. The lowest BCUT2D eigenvalue weighted by Crippen LogP contribution is -2.30. The van der Waals surface area contributed by atoms with Crippen molar-refractivity contribution in [3.63, 3.8) is 0 Å². The number of aliphatic imine (C=N–C) groups is 1. The van der Waals surface area contributed by atoms with Crippen molar-refractivity contribution in [3.8, 4) is 17.1 Å². The number of imidazole rings is 1. The maximum absolute atomic E-state index is 15.2. The highest BCUT2D eigenvalue weighted by Crippen LogP contribution is 2.43. The van der Waals surface area contributed by atoms with Gasteiger partial charge in [0.25, 0.3) is 5.91 Å². The van der Waals surface area contributed by atoms with Crippen molar-refractivity contribution >= 4 is 23.1 Å². The molecule has 1 saturated heterocycles. The molecule has 2 N–H and O–H groups in total. The van der Waals surface area contributed by atoms with Gasteiger partial charge in [0, 0.05) is 31.3 Å². The Kier molecular flexibility index (Phi) is 5.30. The van der Waals surface area contributed by atoms with E-state index in [1.165, 1.54) is 19.3 Å². The molecule has 0 radical (unpaired) electrons. The Bertz CT molecular complexity index is 1220. The van der Waals surface area contributed by atoms with Crippen LogP contribution in [-0.2, 0) is 0 Å². The van der Waals surface area contributed by atoms with Crippen molar-refractivity contribution in [2.24, 2.45) is 4.99 Å². The summed E-state index contributed by atoms with van der Waals surface area (Å²) < 4.78 is 22.3. The van der Waals surface area contributed by atoms with Crippen molar-refractivity contribution in [1.29, 1.82) is 0 Å². The second-order valence-electron chi connectivity index (χ2n) is 8.01. The highest BCUT2D eigenvalue weighted by molar-refractivity contribution is 6.00. The number of methoxy groups -OCH3 is 1. The van der Waals surface area contributed by atoms with E-state index < -0.39 is 11.7 Å². The van der Waals surface area contributed by atoms with Crippen molar-refractivity contribution in [3.05, 3.63) is 35.4 Å². The summed E-state index contributed by atoms with van der Waals surface area (Å²) >= 11 is 0. The highest BCUT2D eigenvalue weighted by atomic mass is 19.1. The molecular formula is C22H24FN7O2. The summed E-state index contributed by atoms with van der Waals surface area (Å²) in [5.41, 5.74) is 2.77. The molecule has 1 aliphatic heterocycles. The van der Waals surface area contributed by atoms with Gasteiger partial charge in [-0.05, 0) is 38.3 Å². The van der Waals surface area contributed by atoms with E-state index in [2.05, 4.69) is 25.6 Å². The Balaban J connectivity index is 1.66. The third kappa shape index (κ3) is 3.70. The number of hydrogen-bond acceptors (Lipinski definition) is 7. The van der Waals surface area contributed by atoms with Gasteiger partial charge in [0.05, 0.1) is 18.9 Å². The number of piperidine rings is 1. The minimum Gasteiger partial charge on any atom is -0.495 e. The number of aromatic nitrogens is 4. The summed E-state index contributed by atoms with van der Waals surface area (Å²) in [4.78, 5) is 25.8. The second kappa shape index (κ2) is 8.27. The smallest absolute Gasteiger partial charge is 0.254 e. The number of nitrogens with zero attached hydrogens (tertiary/aromatic N) is 5. The number of pyridine rings is 1. The van der Waals surface area contributed by atoms with E-state index in [-0.39, 0.29) is 17.1 Å².